The number of rotatable bonds is 2. The smallest absolute Gasteiger partial charge is 0.131 e. The minimum absolute atomic E-state index is 0.122. The minimum Gasteiger partial charge on any atom is -0.410 e. The highest BCUT2D eigenvalue weighted by atomic mass is 79.9. The number of alkyl halides is 1. The van der Waals surface area contributed by atoms with Gasteiger partial charge < -0.3 is 4.84 Å². The van der Waals surface area contributed by atoms with Crippen molar-refractivity contribution in [2.75, 3.05) is 0 Å². The molecule has 0 saturated carbocycles. The zero-order valence-electron chi connectivity index (χ0n) is 9.75. The van der Waals surface area contributed by atoms with Crippen molar-refractivity contribution in [2.45, 2.75) is 24.3 Å². The van der Waals surface area contributed by atoms with Crippen LogP contribution in [0, 0.1) is 11.6 Å². The normalized spacial score (nSPS) is 20.8. The van der Waals surface area contributed by atoms with E-state index in [0.29, 0.717) is 0 Å². The number of benzene rings is 1. The van der Waals surface area contributed by atoms with Crippen LogP contribution in [0.2, 0.25) is 0 Å². The standard InChI is InChI=1S/C12H11BrClF2NO/c1-12(2,13)17-11(7(14)6-18-17)10-8(15)4-3-5-9(10)16/h3-6,11H,1-2H3. The molecule has 1 atom stereocenters. The Labute approximate surface area is 117 Å². The Balaban J connectivity index is 2.50. The molecule has 0 bridgehead atoms. The molecule has 2 rings (SSSR count). The third-order valence-electron chi connectivity index (χ3n) is 2.57. The van der Waals surface area contributed by atoms with Gasteiger partial charge in [-0.1, -0.05) is 33.6 Å². The first-order valence-electron chi connectivity index (χ1n) is 5.27. The van der Waals surface area contributed by atoms with Gasteiger partial charge in [0, 0.05) is 5.56 Å². The van der Waals surface area contributed by atoms with E-state index in [4.69, 9.17) is 16.4 Å². The van der Waals surface area contributed by atoms with Crippen LogP contribution >= 0.6 is 27.5 Å². The van der Waals surface area contributed by atoms with Crippen molar-refractivity contribution in [1.82, 2.24) is 5.06 Å². The van der Waals surface area contributed by atoms with E-state index in [0.717, 1.165) is 0 Å². The molecule has 0 aromatic heterocycles. The summed E-state index contributed by atoms with van der Waals surface area (Å²) in [4.78, 5) is 5.27. The molecule has 6 heteroatoms. The molecule has 1 aliphatic heterocycles. The van der Waals surface area contributed by atoms with Gasteiger partial charge in [0.2, 0.25) is 0 Å². The molecular weight excluding hydrogens is 327 g/mol. The molecule has 0 aliphatic carbocycles. The summed E-state index contributed by atoms with van der Waals surface area (Å²) in [5.74, 6) is -1.31. The molecule has 98 valence electrons. The van der Waals surface area contributed by atoms with Crippen molar-refractivity contribution < 1.29 is 13.6 Å². The molecule has 18 heavy (non-hydrogen) atoms. The van der Waals surface area contributed by atoms with Crippen LogP contribution in [0.15, 0.2) is 29.5 Å². The Morgan fingerprint density at radius 1 is 1.33 bits per heavy atom. The summed E-state index contributed by atoms with van der Waals surface area (Å²) in [5, 5.41) is 1.63. The lowest BCUT2D eigenvalue weighted by molar-refractivity contribution is -0.141. The second kappa shape index (κ2) is 4.79. The van der Waals surface area contributed by atoms with E-state index in [2.05, 4.69) is 15.9 Å². The Morgan fingerprint density at radius 3 is 2.39 bits per heavy atom. The predicted octanol–water partition coefficient (Wildman–Crippen LogP) is 4.46. The van der Waals surface area contributed by atoms with Crippen LogP contribution in [0.3, 0.4) is 0 Å². The average molecular weight is 339 g/mol. The quantitative estimate of drug-likeness (QED) is 0.583. The van der Waals surface area contributed by atoms with Crippen LogP contribution < -0.4 is 0 Å². The van der Waals surface area contributed by atoms with Crippen molar-refractivity contribution >= 4 is 27.5 Å². The third kappa shape index (κ3) is 2.39. The molecule has 0 saturated heterocycles. The molecule has 0 amide bonds. The van der Waals surface area contributed by atoms with Gasteiger partial charge in [0.15, 0.2) is 0 Å². The van der Waals surface area contributed by atoms with Crippen molar-refractivity contribution in [3.63, 3.8) is 0 Å². The molecule has 0 radical (unpaired) electrons. The number of hydrogen-bond acceptors (Lipinski definition) is 2. The molecule has 1 unspecified atom stereocenters. The van der Waals surface area contributed by atoms with Crippen LogP contribution in [0.4, 0.5) is 8.78 Å². The van der Waals surface area contributed by atoms with Gasteiger partial charge in [-0.25, -0.2) is 8.78 Å². The van der Waals surface area contributed by atoms with Crippen LogP contribution in [0.5, 0.6) is 0 Å². The maximum atomic E-state index is 13.8. The first-order valence-corrected chi connectivity index (χ1v) is 6.44. The summed E-state index contributed by atoms with van der Waals surface area (Å²) < 4.78 is 27.0. The number of halogens is 4. The van der Waals surface area contributed by atoms with Crippen LogP contribution in [-0.2, 0) is 4.84 Å². The van der Waals surface area contributed by atoms with Gasteiger partial charge >= 0.3 is 0 Å². The van der Waals surface area contributed by atoms with Crippen LogP contribution in [0.25, 0.3) is 0 Å². The monoisotopic (exact) mass is 337 g/mol. The molecule has 2 nitrogen and oxygen atoms in total. The second-order valence-electron chi connectivity index (χ2n) is 4.38. The predicted molar refractivity (Wildman–Crippen MR) is 69.0 cm³/mol. The summed E-state index contributed by atoms with van der Waals surface area (Å²) in [5.41, 5.74) is -0.122. The Bertz CT molecular complexity index is 481. The summed E-state index contributed by atoms with van der Waals surface area (Å²) in [6, 6.07) is 2.90. The average Bonchev–Trinajstić information content (AvgIpc) is 2.60. The molecule has 0 N–H and O–H groups in total. The summed E-state index contributed by atoms with van der Waals surface area (Å²) in [7, 11) is 0. The van der Waals surface area contributed by atoms with Gasteiger partial charge in [0.05, 0.1) is 5.03 Å². The fraction of sp³-hybridized carbons (Fsp3) is 0.333. The van der Waals surface area contributed by atoms with Crippen molar-refractivity contribution in [3.05, 3.63) is 46.7 Å². The van der Waals surface area contributed by atoms with E-state index in [-0.39, 0.29) is 10.6 Å². The Hall–Kier alpha value is -0.650. The minimum atomic E-state index is -0.803. The molecule has 1 aliphatic rings. The van der Waals surface area contributed by atoms with Gasteiger partial charge in [-0.15, -0.1) is 5.06 Å². The lowest BCUT2D eigenvalue weighted by Crippen LogP contribution is -2.38. The molecular formula is C12H11BrClF2NO. The van der Waals surface area contributed by atoms with E-state index in [1.165, 1.54) is 29.5 Å². The van der Waals surface area contributed by atoms with Crippen molar-refractivity contribution in [3.8, 4) is 0 Å². The number of nitrogens with zero attached hydrogens (tertiary/aromatic N) is 1. The van der Waals surface area contributed by atoms with Gasteiger partial charge in [-0.05, 0) is 26.0 Å². The molecule has 0 fully saturated rings. The number of hydroxylamine groups is 2. The van der Waals surface area contributed by atoms with Crippen LogP contribution in [-0.4, -0.2) is 9.51 Å². The first-order chi connectivity index (χ1) is 8.32. The van der Waals surface area contributed by atoms with Gasteiger partial charge in [-0.3, -0.25) is 0 Å². The summed E-state index contributed by atoms with van der Waals surface area (Å²) in [6.07, 6.45) is 1.28. The SMILES string of the molecule is CC(C)(Br)N1OC=C(Cl)C1c1c(F)cccc1F. The van der Waals surface area contributed by atoms with Gasteiger partial charge in [0.1, 0.15) is 28.4 Å². The highest BCUT2D eigenvalue weighted by Crippen LogP contribution is 2.44. The molecule has 1 heterocycles. The van der Waals surface area contributed by atoms with Crippen LogP contribution in [0.1, 0.15) is 25.5 Å². The van der Waals surface area contributed by atoms with E-state index < -0.39 is 22.1 Å². The topological polar surface area (TPSA) is 12.5 Å². The highest BCUT2D eigenvalue weighted by molar-refractivity contribution is 9.10. The first kappa shape index (κ1) is 13.8. The van der Waals surface area contributed by atoms with Crippen molar-refractivity contribution in [2.24, 2.45) is 0 Å². The number of hydrogen-bond donors (Lipinski definition) is 0. The fourth-order valence-electron chi connectivity index (χ4n) is 1.80. The zero-order chi connectivity index (χ0) is 13.5. The molecule has 1 aromatic carbocycles. The third-order valence-corrected chi connectivity index (χ3v) is 3.22. The zero-order valence-corrected chi connectivity index (χ0v) is 12.1. The molecule has 1 aromatic rings. The van der Waals surface area contributed by atoms with E-state index in [1.807, 2.05) is 0 Å². The summed E-state index contributed by atoms with van der Waals surface area (Å²) in [6.45, 7) is 3.59. The molecule has 0 spiro atoms. The van der Waals surface area contributed by atoms with Gasteiger partial charge in [-0.2, -0.15) is 0 Å². The maximum absolute atomic E-state index is 13.8. The lowest BCUT2D eigenvalue weighted by Gasteiger charge is -2.33. The van der Waals surface area contributed by atoms with E-state index in [9.17, 15) is 8.78 Å². The summed E-state index contributed by atoms with van der Waals surface area (Å²) >= 11 is 9.38. The largest absolute Gasteiger partial charge is 0.410 e. The van der Waals surface area contributed by atoms with E-state index >= 15 is 0 Å². The lowest BCUT2D eigenvalue weighted by atomic mass is 10.0. The fourth-order valence-corrected chi connectivity index (χ4v) is 2.33. The van der Waals surface area contributed by atoms with Gasteiger partial charge in [0.25, 0.3) is 0 Å². The Kier molecular flexibility index (Phi) is 3.67. The maximum Gasteiger partial charge on any atom is 0.131 e. The second-order valence-corrected chi connectivity index (χ2v) is 6.76. The Morgan fingerprint density at radius 2 is 1.89 bits per heavy atom. The van der Waals surface area contributed by atoms with Crippen molar-refractivity contribution in [1.29, 1.82) is 0 Å². The highest BCUT2D eigenvalue weighted by Gasteiger charge is 2.41. The van der Waals surface area contributed by atoms with E-state index in [1.54, 1.807) is 13.8 Å².